The van der Waals surface area contributed by atoms with Crippen LogP contribution < -0.4 is 15.4 Å². The molecule has 2 aliphatic rings. The molecule has 1 aromatic carbocycles. The van der Waals surface area contributed by atoms with E-state index in [1.807, 2.05) is 12.1 Å². The van der Waals surface area contributed by atoms with Crippen LogP contribution in [0.3, 0.4) is 0 Å². The molecule has 1 heterocycles. The number of hydrogen-bond acceptors (Lipinski definition) is 4. The fourth-order valence-electron chi connectivity index (χ4n) is 3.65. The lowest BCUT2D eigenvalue weighted by molar-refractivity contribution is 0.310. The van der Waals surface area contributed by atoms with Crippen molar-refractivity contribution >= 4 is 18.2 Å². The third kappa shape index (κ3) is 4.18. The van der Waals surface area contributed by atoms with Crippen molar-refractivity contribution in [3.8, 4) is 5.75 Å². The van der Waals surface area contributed by atoms with Gasteiger partial charge in [0.1, 0.15) is 11.6 Å². The van der Waals surface area contributed by atoms with E-state index in [0.717, 1.165) is 37.6 Å². The Bertz CT molecular complexity index is 527. The molecule has 4 nitrogen and oxygen atoms in total. The van der Waals surface area contributed by atoms with Gasteiger partial charge in [-0.2, -0.15) is 0 Å². The molecule has 23 heavy (non-hydrogen) atoms. The summed E-state index contributed by atoms with van der Waals surface area (Å²) in [5.74, 6) is 2.10. The third-order valence-electron chi connectivity index (χ3n) is 4.87. The molecule has 2 N–H and O–H groups in total. The smallest absolute Gasteiger partial charge is 0.123 e. The lowest BCUT2D eigenvalue weighted by atomic mass is 9.80. The van der Waals surface area contributed by atoms with Gasteiger partial charge in [-0.05, 0) is 31.9 Å². The van der Waals surface area contributed by atoms with Crippen LogP contribution in [0.25, 0.3) is 0 Å². The van der Waals surface area contributed by atoms with Crippen LogP contribution >= 0.6 is 12.4 Å². The summed E-state index contributed by atoms with van der Waals surface area (Å²) in [6.45, 7) is 2.76. The van der Waals surface area contributed by atoms with E-state index in [0.29, 0.717) is 0 Å². The van der Waals surface area contributed by atoms with Crippen LogP contribution in [0.2, 0.25) is 0 Å². The van der Waals surface area contributed by atoms with Gasteiger partial charge >= 0.3 is 0 Å². The second-order valence-corrected chi connectivity index (χ2v) is 6.32. The van der Waals surface area contributed by atoms with Gasteiger partial charge in [-0.15, -0.1) is 12.4 Å². The number of nitrogens with zero attached hydrogens (tertiary/aromatic N) is 1. The monoisotopic (exact) mass is 337 g/mol. The summed E-state index contributed by atoms with van der Waals surface area (Å²) >= 11 is 0. The molecule has 1 fully saturated rings. The summed E-state index contributed by atoms with van der Waals surface area (Å²) in [5, 5.41) is 7.41. The molecule has 128 valence electrons. The first-order valence-corrected chi connectivity index (χ1v) is 8.50. The Morgan fingerprint density at radius 1 is 1.17 bits per heavy atom. The summed E-state index contributed by atoms with van der Waals surface area (Å²) in [5.41, 5.74) is 1.26. The summed E-state index contributed by atoms with van der Waals surface area (Å²) in [4.78, 5) is 4.87. The van der Waals surface area contributed by atoms with Crippen molar-refractivity contribution in [1.82, 2.24) is 10.6 Å². The van der Waals surface area contributed by atoms with Crippen molar-refractivity contribution in [3.05, 3.63) is 29.8 Å². The predicted molar refractivity (Wildman–Crippen MR) is 97.8 cm³/mol. The molecule has 5 heteroatoms. The minimum absolute atomic E-state index is 0. The summed E-state index contributed by atoms with van der Waals surface area (Å²) in [7, 11) is 1.73. The van der Waals surface area contributed by atoms with Crippen LogP contribution in [0.4, 0.5) is 0 Å². The lowest BCUT2D eigenvalue weighted by Crippen LogP contribution is -2.57. The van der Waals surface area contributed by atoms with Crippen LogP contribution in [0.15, 0.2) is 29.3 Å². The van der Waals surface area contributed by atoms with Crippen LogP contribution in [0.1, 0.15) is 44.1 Å². The second-order valence-electron chi connectivity index (χ2n) is 6.32. The Morgan fingerprint density at radius 2 is 1.96 bits per heavy atom. The fourth-order valence-corrected chi connectivity index (χ4v) is 3.65. The number of halogens is 1. The molecule has 1 aromatic rings. The van der Waals surface area contributed by atoms with Gasteiger partial charge in [0.25, 0.3) is 0 Å². The lowest BCUT2D eigenvalue weighted by Gasteiger charge is -2.38. The largest absolute Gasteiger partial charge is 0.496 e. The van der Waals surface area contributed by atoms with E-state index < -0.39 is 0 Å². The van der Waals surface area contributed by atoms with Gasteiger partial charge < -0.3 is 15.4 Å². The molecular formula is C18H28ClN3O. The molecule has 0 aromatic heterocycles. The van der Waals surface area contributed by atoms with Crippen LogP contribution in [0.5, 0.6) is 5.75 Å². The first-order valence-electron chi connectivity index (χ1n) is 8.50. The summed E-state index contributed by atoms with van der Waals surface area (Å²) < 4.78 is 5.45. The van der Waals surface area contributed by atoms with Gasteiger partial charge in [-0.25, -0.2) is 0 Å². The first-order chi connectivity index (χ1) is 10.8. The van der Waals surface area contributed by atoms with Crippen LogP contribution in [0, 0.1) is 0 Å². The Balaban J connectivity index is 0.00000192. The number of ether oxygens (including phenoxy) is 1. The van der Waals surface area contributed by atoms with E-state index in [4.69, 9.17) is 9.73 Å². The number of benzene rings is 1. The average molecular weight is 338 g/mol. The van der Waals surface area contributed by atoms with E-state index in [-0.39, 0.29) is 17.9 Å². The molecule has 0 radical (unpaired) electrons. The van der Waals surface area contributed by atoms with Crippen molar-refractivity contribution < 1.29 is 4.74 Å². The standard InChI is InChI=1S/C18H27N3O.ClH/c1-22-16-9-4-3-8-15(16)14-20-17-18(10-5-2-6-11-18)21-13-7-12-19-17;/h3-4,8-9,21H,2,5-7,10-14H2,1H3,(H,19,20);1H. The van der Waals surface area contributed by atoms with Gasteiger partial charge in [-0.3, -0.25) is 4.99 Å². The number of hydrogen-bond donors (Lipinski definition) is 2. The maximum atomic E-state index is 5.45. The Kier molecular flexibility index (Phi) is 6.72. The molecule has 0 saturated heterocycles. The molecule has 1 saturated carbocycles. The SMILES string of the molecule is COc1ccccc1CNC1=NCCCNC12CCCCC2.Cl. The maximum absolute atomic E-state index is 5.45. The molecule has 0 bridgehead atoms. The number of amidine groups is 1. The zero-order valence-corrected chi connectivity index (χ0v) is 14.8. The summed E-state index contributed by atoms with van der Waals surface area (Å²) in [6, 6.07) is 8.20. The zero-order valence-electron chi connectivity index (χ0n) is 13.9. The first kappa shape index (κ1) is 18.1. The van der Waals surface area contributed by atoms with E-state index in [2.05, 4.69) is 22.8 Å². The van der Waals surface area contributed by atoms with Crippen molar-refractivity contribution in [2.45, 2.75) is 50.6 Å². The topological polar surface area (TPSA) is 45.6 Å². The van der Waals surface area contributed by atoms with E-state index in [9.17, 15) is 0 Å². The fraction of sp³-hybridized carbons (Fsp3) is 0.611. The Morgan fingerprint density at radius 3 is 2.74 bits per heavy atom. The van der Waals surface area contributed by atoms with Gasteiger partial charge in [0.05, 0.1) is 12.6 Å². The number of methoxy groups -OCH3 is 1. The number of nitrogens with one attached hydrogen (secondary N) is 2. The predicted octanol–water partition coefficient (Wildman–Crippen LogP) is 3.30. The quantitative estimate of drug-likeness (QED) is 0.889. The highest BCUT2D eigenvalue weighted by Crippen LogP contribution is 2.30. The third-order valence-corrected chi connectivity index (χ3v) is 4.87. The number of aliphatic imine (C=N–C) groups is 1. The highest BCUT2D eigenvalue weighted by atomic mass is 35.5. The maximum Gasteiger partial charge on any atom is 0.123 e. The molecular weight excluding hydrogens is 310 g/mol. The zero-order chi connectivity index (χ0) is 15.3. The second kappa shape index (κ2) is 8.55. The van der Waals surface area contributed by atoms with Crippen molar-refractivity contribution in [3.63, 3.8) is 0 Å². The van der Waals surface area contributed by atoms with Gasteiger partial charge in [0.2, 0.25) is 0 Å². The van der Waals surface area contributed by atoms with E-state index >= 15 is 0 Å². The Hall–Kier alpha value is -1.26. The molecule has 0 unspecified atom stereocenters. The molecule has 0 atom stereocenters. The number of para-hydroxylation sites is 1. The van der Waals surface area contributed by atoms with Gasteiger partial charge in [-0.1, -0.05) is 37.5 Å². The molecule has 3 rings (SSSR count). The van der Waals surface area contributed by atoms with E-state index in [1.54, 1.807) is 7.11 Å². The van der Waals surface area contributed by atoms with Gasteiger partial charge in [0, 0.05) is 18.7 Å². The Labute approximate surface area is 145 Å². The molecule has 1 spiro atoms. The van der Waals surface area contributed by atoms with Crippen molar-refractivity contribution in [2.24, 2.45) is 4.99 Å². The van der Waals surface area contributed by atoms with Crippen LogP contribution in [-0.4, -0.2) is 31.6 Å². The van der Waals surface area contributed by atoms with Crippen molar-refractivity contribution in [2.75, 3.05) is 20.2 Å². The highest BCUT2D eigenvalue weighted by Gasteiger charge is 2.37. The molecule has 1 aliphatic heterocycles. The minimum atomic E-state index is 0. The summed E-state index contributed by atoms with van der Waals surface area (Å²) in [6.07, 6.45) is 7.46. The average Bonchev–Trinajstić information content (AvgIpc) is 2.76. The number of rotatable bonds is 3. The molecule has 1 aliphatic carbocycles. The normalized spacial score (nSPS) is 20.1. The van der Waals surface area contributed by atoms with Crippen molar-refractivity contribution in [1.29, 1.82) is 0 Å². The minimum Gasteiger partial charge on any atom is -0.496 e. The van der Waals surface area contributed by atoms with Crippen LogP contribution in [-0.2, 0) is 6.54 Å². The van der Waals surface area contributed by atoms with Gasteiger partial charge in [0.15, 0.2) is 0 Å². The highest BCUT2D eigenvalue weighted by molar-refractivity contribution is 5.92. The molecule has 0 amide bonds. The van der Waals surface area contributed by atoms with E-state index in [1.165, 1.54) is 37.7 Å².